The SMILES string of the molecule is O=C(CNC1CC1)N1CCCC1c1cccc(Cl)c1. The predicted molar refractivity (Wildman–Crippen MR) is 76.2 cm³/mol. The van der Waals surface area contributed by atoms with Crippen LogP contribution in [0.2, 0.25) is 5.02 Å². The molecule has 1 aliphatic carbocycles. The second kappa shape index (κ2) is 5.51. The van der Waals surface area contributed by atoms with Crippen LogP contribution in [-0.2, 0) is 4.79 Å². The number of likely N-dealkylation sites (tertiary alicyclic amines) is 1. The molecule has 1 N–H and O–H groups in total. The molecule has 102 valence electrons. The van der Waals surface area contributed by atoms with E-state index in [4.69, 9.17) is 11.6 Å². The fraction of sp³-hybridized carbons (Fsp3) is 0.533. The smallest absolute Gasteiger partial charge is 0.237 e. The van der Waals surface area contributed by atoms with E-state index in [1.807, 2.05) is 23.1 Å². The highest BCUT2D eigenvalue weighted by Gasteiger charge is 2.30. The van der Waals surface area contributed by atoms with Gasteiger partial charge in [0.1, 0.15) is 0 Å². The Bertz CT molecular complexity index is 473. The molecule has 1 aromatic carbocycles. The molecular weight excluding hydrogens is 260 g/mol. The summed E-state index contributed by atoms with van der Waals surface area (Å²) in [6, 6.07) is 8.66. The summed E-state index contributed by atoms with van der Waals surface area (Å²) in [5, 5.41) is 4.04. The Kier molecular flexibility index (Phi) is 3.76. The van der Waals surface area contributed by atoms with Crippen molar-refractivity contribution in [3.8, 4) is 0 Å². The van der Waals surface area contributed by atoms with Gasteiger partial charge in [-0.1, -0.05) is 23.7 Å². The molecule has 0 aromatic heterocycles. The largest absolute Gasteiger partial charge is 0.335 e. The fourth-order valence-corrected chi connectivity index (χ4v) is 2.95. The van der Waals surface area contributed by atoms with Crippen LogP contribution in [0.5, 0.6) is 0 Å². The topological polar surface area (TPSA) is 32.3 Å². The molecule has 1 aliphatic heterocycles. The van der Waals surface area contributed by atoms with E-state index in [0.29, 0.717) is 12.6 Å². The molecule has 3 rings (SSSR count). The number of rotatable bonds is 4. The Labute approximate surface area is 118 Å². The van der Waals surface area contributed by atoms with Crippen molar-refractivity contribution in [3.05, 3.63) is 34.9 Å². The van der Waals surface area contributed by atoms with Gasteiger partial charge in [0, 0.05) is 17.6 Å². The zero-order chi connectivity index (χ0) is 13.2. The van der Waals surface area contributed by atoms with Gasteiger partial charge in [-0.25, -0.2) is 0 Å². The number of amides is 1. The van der Waals surface area contributed by atoms with E-state index in [-0.39, 0.29) is 11.9 Å². The molecule has 1 unspecified atom stereocenters. The zero-order valence-electron chi connectivity index (χ0n) is 10.9. The number of nitrogens with one attached hydrogen (secondary N) is 1. The van der Waals surface area contributed by atoms with Crippen LogP contribution in [0.25, 0.3) is 0 Å². The Morgan fingerprint density at radius 2 is 2.21 bits per heavy atom. The minimum absolute atomic E-state index is 0.201. The van der Waals surface area contributed by atoms with Gasteiger partial charge in [0.2, 0.25) is 5.91 Å². The van der Waals surface area contributed by atoms with E-state index in [2.05, 4.69) is 11.4 Å². The molecule has 2 fully saturated rings. The summed E-state index contributed by atoms with van der Waals surface area (Å²) in [7, 11) is 0. The third kappa shape index (κ3) is 3.10. The second-order valence-electron chi connectivity index (χ2n) is 5.46. The summed E-state index contributed by atoms with van der Waals surface area (Å²) in [6.07, 6.45) is 4.54. The molecule has 0 spiro atoms. The van der Waals surface area contributed by atoms with Crippen molar-refractivity contribution in [1.82, 2.24) is 10.2 Å². The maximum absolute atomic E-state index is 12.3. The summed E-state index contributed by atoms with van der Waals surface area (Å²) in [5.74, 6) is 0.217. The van der Waals surface area contributed by atoms with Crippen molar-refractivity contribution < 1.29 is 4.79 Å². The number of hydrogen-bond acceptors (Lipinski definition) is 2. The minimum atomic E-state index is 0.201. The van der Waals surface area contributed by atoms with Gasteiger partial charge in [-0.05, 0) is 43.4 Å². The maximum atomic E-state index is 12.3. The molecule has 2 aliphatic rings. The van der Waals surface area contributed by atoms with E-state index in [1.165, 1.54) is 12.8 Å². The van der Waals surface area contributed by atoms with Gasteiger partial charge in [0.05, 0.1) is 12.6 Å². The van der Waals surface area contributed by atoms with Gasteiger partial charge in [0.15, 0.2) is 0 Å². The maximum Gasteiger partial charge on any atom is 0.237 e. The standard InChI is InChI=1S/C15H19ClN2O/c16-12-4-1-3-11(9-12)14-5-2-8-18(14)15(19)10-17-13-6-7-13/h1,3-4,9,13-14,17H,2,5-8,10H2. The number of benzene rings is 1. The molecule has 1 amide bonds. The summed E-state index contributed by atoms with van der Waals surface area (Å²) in [5.41, 5.74) is 1.16. The quantitative estimate of drug-likeness (QED) is 0.918. The molecule has 1 aromatic rings. The van der Waals surface area contributed by atoms with E-state index in [0.717, 1.165) is 30.0 Å². The lowest BCUT2D eigenvalue weighted by atomic mass is 10.0. The van der Waals surface area contributed by atoms with Crippen molar-refractivity contribution in [3.63, 3.8) is 0 Å². The minimum Gasteiger partial charge on any atom is -0.335 e. The number of carbonyl (C=O) groups is 1. The molecule has 1 saturated heterocycles. The van der Waals surface area contributed by atoms with Crippen LogP contribution in [0.15, 0.2) is 24.3 Å². The van der Waals surface area contributed by atoms with Crippen LogP contribution in [-0.4, -0.2) is 29.9 Å². The van der Waals surface area contributed by atoms with Gasteiger partial charge in [-0.15, -0.1) is 0 Å². The normalized spacial score (nSPS) is 22.8. The van der Waals surface area contributed by atoms with Gasteiger partial charge in [0.25, 0.3) is 0 Å². The van der Waals surface area contributed by atoms with Crippen molar-refractivity contribution in [2.75, 3.05) is 13.1 Å². The van der Waals surface area contributed by atoms with Crippen LogP contribution in [0.1, 0.15) is 37.3 Å². The molecule has 1 saturated carbocycles. The first-order valence-corrected chi connectivity index (χ1v) is 7.40. The number of carbonyl (C=O) groups excluding carboxylic acids is 1. The van der Waals surface area contributed by atoms with Crippen molar-refractivity contribution in [1.29, 1.82) is 0 Å². The highest BCUT2D eigenvalue weighted by Crippen LogP contribution is 2.33. The molecular formula is C15H19ClN2O. The number of hydrogen-bond donors (Lipinski definition) is 1. The lowest BCUT2D eigenvalue weighted by molar-refractivity contribution is -0.131. The highest BCUT2D eigenvalue weighted by atomic mass is 35.5. The average Bonchev–Trinajstić information content (AvgIpc) is 3.10. The molecule has 1 atom stereocenters. The average molecular weight is 279 g/mol. The van der Waals surface area contributed by atoms with Crippen LogP contribution < -0.4 is 5.32 Å². The third-order valence-electron chi connectivity index (χ3n) is 3.93. The van der Waals surface area contributed by atoms with Crippen LogP contribution in [0.4, 0.5) is 0 Å². The van der Waals surface area contributed by atoms with Crippen molar-refractivity contribution in [2.45, 2.75) is 37.8 Å². The summed E-state index contributed by atoms with van der Waals surface area (Å²) >= 11 is 6.05. The predicted octanol–water partition coefficient (Wildman–Crippen LogP) is 2.76. The Balaban J connectivity index is 1.67. The first-order chi connectivity index (χ1) is 9.24. The molecule has 3 nitrogen and oxygen atoms in total. The summed E-state index contributed by atoms with van der Waals surface area (Å²) in [4.78, 5) is 14.3. The second-order valence-corrected chi connectivity index (χ2v) is 5.89. The summed E-state index contributed by atoms with van der Waals surface area (Å²) in [6.45, 7) is 1.34. The van der Waals surface area contributed by atoms with E-state index >= 15 is 0 Å². The first kappa shape index (κ1) is 12.9. The van der Waals surface area contributed by atoms with E-state index in [9.17, 15) is 4.79 Å². The monoisotopic (exact) mass is 278 g/mol. The number of nitrogens with zero attached hydrogens (tertiary/aromatic N) is 1. The molecule has 19 heavy (non-hydrogen) atoms. The summed E-state index contributed by atoms with van der Waals surface area (Å²) < 4.78 is 0. The van der Waals surface area contributed by atoms with E-state index in [1.54, 1.807) is 0 Å². The Morgan fingerprint density at radius 1 is 1.37 bits per heavy atom. The van der Waals surface area contributed by atoms with Crippen LogP contribution in [0.3, 0.4) is 0 Å². The molecule has 4 heteroatoms. The van der Waals surface area contributed by atoms with Crippen molar-refractivity contribution >= 4 is 17.5 Å². The highest BCUT2D eigenvalue weighted by molar-refractivity contribution is 6.30. The first-order valence-electron chi connectivity index (χ1n) is 7.02. The van der Waals surface area contributed by atoms with E-state index < -0.39 is 0 Å². The van der Waals surface area contributed by atoms with Gasteiger partial charge < -0.3 is 10.2 Å². The third-order valence-corrected chi connectivity index (χ3v) is 4.16. The number of halogens is 1. The Hall–Kier alpha value is -1.06. The van der Waals surface area contributed by atoms with Crippen LogP contribution in [0, 0.1) is 0 Å². The van der Waals surface area contributed by atoms with Crippen LogP contribution >= 0.6 is 11.6 Å². The fourth-order valence-electron chi connectivity index (χ4n) is 2.75. The van der Waals surface area contributed by atoms with Gasteiger partial charge in [-0.3, -0.25) is 4.79 Å². The van der Waals surface area contributed by atoms with Crippen molar-refractivity contribution in [2.24, 2.45) is 0 Å². The van der Waals surface area contributed by atoms with Gasteiger partial charge >= 0.3 is 0 Å². The molecule has 0 radical (unpaired) electrons. The zero-order valence-corrected chi connectivity index (χ0v) is 11.7. The lowest BCUT2D eigenvalue weighted by Gasteiger charge is -2.25. The lowest BCUT2D eigenvalue weighted by Crippen LogP contribution is -2.38. The Morgan fingerprint density at radius 3 is 2.95 bits per heavy atom. The molecule has 1 heterocycles. The molecule has 0 bridgehead atoms. The van der Waals surface area contributed by atoms with Gasteiger partial charge in [-0.2, -0.15) is 0 Å².